The third-order valence-corrected chi connectivity index (χ3v) is 8.55. The molecule has 0 unspecified atom stereocenters. The second-order valence-electron chi connectivity index (χ2n) is 9.97. The van der Waals surface area contributed by atoms with E-state index in [0.717, 1.165) is 27.3 Å². The first-order valence-electron chi connectivity index (χ1n) is 12.1. The van der Waals surface area contributed by atoms with Gasteiger partial charge in [-0.2, -0.15) is 0 Å². The first-order valence-corrected chi connectivity index (χ1v) is 13.7. The molecule has 6 aromatic rings. The maximum atomic E-state index is 5.14. The number of rotatable bonds is 4. The number of thiazole rings is 1. The second-order valence-corrected chi connectivity index (χ2v) is 12.1. The molecular weight excluding hydrogens is 477 g/mol. The monoisotopic (exact) mass is 502 g/mol. The molecule has 4 heteroatoms. The molecule has 0 aliphatic heterocycles. The predicted octanol–water partition coefficient (Wildman–Crippen LogP) is 9.89. The van der Waals surface area contributed by atoms with E-state index in [0.29, 0.717) is 0 Å². The molecule has 0 saturated carbocycles. The van der Waals surface area contributed by atoms with Crippen LogP contribution in [0.1, 0.15) is 31.9 Å². The minimum absolute atomic E-state index is 0.106. The number of aromatic nitrogens is 1. The minimum atomic E-state index is 0.106. The van der Waals surface area contributed by atoms with Gasteiger partial charge in [0.05, 0.1) is 15.9 Å². The topological polar surface area (TPSA) is 25.2 Å². The fourth-order valence-electron chi connectivity index (χ4n) is 4.37. The Morgan fingerprint density at radius 1 is 0.722 bits per heavy atom. The Morgan fingerprint density at radius 3 is 2.33 bits per heavy atom. The van der Waals surface area contributed by atoms with Gasteiger partial charge in [0, 0.05) is 26.9 Å². The fourth-order valence-corrected chi connectivity index (χ4v) is 6.49. The highest BCUT2D eigenvalue weighted by molar-refractivity contribution is 7.23. The van der Waals surface area contributed by atoms with Crippen molar-refractivity contribution >= 4 is 54.9 Å². The van der Waals surface area contributed by atoms with E-state index in [9.17, 15) is 0 Å². The van der Waals surface area contributed by atoms with Gasteiger partial charge in [-0.25, -0.2) is 4.98 Å². The molecule has 0 amide bonds. The van der Waals surface area contributed by atoms with E-state index in [1.54, 1.807) is 11.3 Å². The van der Waals surface area contributed by atoms with Crippen LogP contribution in [0.15, 0.2) is 102 Å². The average molecular weight is 503 g/mol. The van der Waals surface area contributed by atoms with E-state index in [1.807, 2.05) is 23.6 Å². The van der Waals surface area contributed by atoms with Gasteiger partial charge >= 0.3 is 0 Å². The minimum Gasteiger partial charge on any atom is -0.256 e. The fraction of sp³-hybridized carbons (Fsp3) is 0.125. The Bertz CT molecular complexity index is 1700. The normalized spacial score (nSPS) is 12.2. The van der Waals surface area contributed by atoms with Gasteiger partial charge in [0.1, 0.15) is 5.01 Å². The lowest BCUT2D eigenvalue weighted by atomic mass is 9.86. The van der Waals surface area contributed by atoms with Gasteiger partial charge in [-0.15, -0.1) is 22.7 Å². The van der Waals surface area contributed by atoms with Crippen LogP contribution in [0.4, 0.5) is 5.69 Å². The molecule has 0 spiro atoms. The van der Waals surface area contributed by atoms with Crippen LogP contribution in [-0.2, 0) is 5.41 Å². The van der Waals surface area contributed by atoms with Gasteiger partial charge in [0.15, 0.2) is 0 Å². The highest BCUT2D eigenvalue weighted by Gasteiger charge is 2.15. The molecule has 36 heavy (non-hydrogen) atoms. The summed E-state index contributed by atoms with van der Waals surface area (Å²) < 4.78 is 2.49. The summed E-state index contributed by atoms with van der Waals surface area (Å²) in [6, 6.07) is 34.2. The molecule has 2 heterocycles. The van der Waals surface area contributed by atoms with Crippen molar-refractivity contribution in [3.8, 4) is 21.0 Å². The zero-order valence-electron chi connectivity index (χ0n) is 20.5. The number of benzene rings is 4. The Hall–Kier alpha value is -3.60. The van der Waals surface area contributed by atoms with Crippen LogP contribution in [0, 0.1) is 0 Å². The number of hydrogen-bond donors (Lipinski definition) is 0. The van der Waals surface area contributed by atoms with E-state index in [2.05, 4.69) is 112 Å². The molecule has 6 rings (SSSR count). The molecule has 0 aliphatic carbocycles. The van der Waals surface area contributed by atoms with Crippen LogP contribution in [0.2, 0.25) is 0 Å². The largest absolute Gasteiger partial charge is 0.256 e. The number of fused-ring (bicyclic) bond motifs is 2. The predicted molar refractivity (Wildman–Crippen MR) is 158 cm³/mol. The van der Waals surface area contributed by atoms with Gasteiger partial charge in [0.2, 0.25) is 0 Å². The molecule has 0 atom stereocenters. The van der Waals surface area contributed by atoms with E-state index in [4.69, 9.17) is 9.98 Å². The molecule has 0 fully saturated rings. The van der Waals surface area contributed by atoms with Gasteiger partial charge in [0.25, 0.3) is 0 Å². The van der Waals surface area contributed by atoms with Crippen molar-refractivity contribution in [2.24, 2.45) is 4.99 Å². The Morgan fingerprint density at radius 2 is 1.47 bits per heavy atom. The maximum absolute atomic E-state index is 5.14. The molecule has 2 nitrogen and oxygen atoms in total. The summed E-state index contributed by atoms with van der Waals surface area (Å²) in [5, 5.41) is 2.27. The summed E-state index contributed by atoms with van der Waals surface area (Å²) in [7, 11) is 0. The van der Waals surface area contributed by atoms with E-state index >= 15 is 0 Å². The summed E-state index contributed by atoms with van der Waals surface area (Å²) in [4.78, 5) is 11.3. The Labute approximate surface area is 219 Å². The van der Waals surface area contributed by atoms with Crippen molar-refractivity contribution in [2.75, 3.05) is 0 Å². The number of thiophene rings is 1. The SMILES string of the molecule is CC(C)(C)c1cccc(C=Nc2ccccc2-c2nc3c(-c4cc5ccccc5s4)cccc3s2)c1. The number of hydrogen-bond acceptors (Lipinski definition) is 4. The van der Waals surface area contributed by atoms with Crippen LogP contribution >= 0.6 is 22.7 Å². The molecular formula is C32H26N2S2. The number of nitrogens with zero attached hydrogens (tertiary/aromatic N) is 2. The standard InChI is InChI=1S/C32H26N2S2/c1-32(2,3)23-12-8-10-21(18-23)20-33-26-15-6-5-13-24(26)31-34-30-25(14-9-17-28(30)36-31)29-19-22-11-4-7-16-27(22)35-29/h4-20H,1-3H3. The third-order valence-electron chi connectivity index (χ3n) is 6.35. The van der Waals surface area contributed by atoms with Crippen molar-refractivity contribution in [3.63, 3.8) is 0 Å². The maximum Gasteiger partial charge on any atom is 0.126 e. The summed E-state index contributed by atoms with van der Waals surface area (Å²) in [5.74, 6) is 0. The van der Waals surface area contributed by atoms with Crippen molar-refractivity contribution in [1.82, 2.24) is 4.98 Å². The van der Waals surface area contributed by atoms with E-state index < -0.39 is 0 Å². The van der Waals surface area contributed by atoms with Gasteiger partial charge in [-0.1, -0.05) is 81.4 Å². The lowest BCUT2D eigenvalue weighted by molar-refractivity contribution is 0.590. The zero-order chi connectivity index (χ0) is 24.7. The van der Waals surface area contributed by atoms with Crippen LogP contribution in [0.3, 0.4) is 0 Å². The average Bonchev–Trinajstić information content (AvgIpc) is 3.51. The first-order chi connectivity index (χ1) is 17.5. The quantitative estimate of drug-likeness (QED) is 0.220. The molecule has 0 N–H and O–H groups in total. The zero-order valence-corrected chi connectivity index (χ0v) is 22.2. The third kappa shape index (κ3) is 4.39. The van der Waals surface area contributed by atoms with Crippen LogP contribution in [0.5, 0.6) is 0 Å². The molecule has 4 aromatic carbocycles. The first kappa shape index (κ1) is 22.8. The van der Waals surface area contributed by atoms with Gasteiger partial charge in [-0.05, 0) is 58.3 Å². The van der Waals surface area contributed by atoms with Gasteiger partial charge < -0.3 is 0 Å². The molecule has 2 aromatic heterocycles. The summed E-state index contributed by atoms with van der Waals surface area (Å²) in [6.45, 7) is 6.70. The Kier molecular flexibility index (Phi) is 5.79. The lowest BCUT2D eigenvalue weighted by Crippen LogP contribution is -2.11. The summed E-state index contributed by atoms with van der Waals surface area (Å²) >= 11 is 3.55. The van der Waals surface area contributed by atoms with E-state index in [-0.39, 0.29) is 5.41 Å². The van der Waals surface area contributed by atoms with Crippen molar-refractivity contribution in [1.29, 1.82) is 0 Å². The highest BCUT2D eigenvalue weighted by Crippen LogP contribution is 2.41. The van der Waals surface area contributed by atoms with Gasteiger partial charge in [-0.3, -0.25) is 4.99 Å². The summed E-state index contributed by atoms with van der Waals surface area (Å²) in [6.07, 6.45) is 1.96. The summed E-state index contributed by atoms with van der Waals surface area (Å²) in [5.41, 5.74) is 6.75. The van der Waals surface area contributed by atoms with E-state index in [1.165, 1.54) is 30.8 Å². The molecule has 176 valence electrons. The van der Waals surface area contributed by atoms with Crippen LogP contribution in [-0.4, -0.2) is 11.2 Å². The lowest BCUT2D eigenvalue weighted by Gasteiger charge is -2.19. The Balaban J connectivity index is 1.40. The van der Waals surface area contributed by atoms with Crippen molar-refractivity contribution in [3.05, 3.63) is 108 Å². The van der Waals surface area contributed by atoms with Crippen molar-refractivity contribution in [2.45, 2.75) is 26.2 Å². The molecule has 0 radical (unpaired) electrons. The van der Waals surface area contributed by atoms with Crippen LogP contribution in [0.25, 0.3) is 41.3 Å². The molecule has 0 saturated heterocycles. The van der Waals surface area contributed by atoms with Crippen LogP contribution < -0.4 is 0 Å². The van der Waals surface area contributed by atoms with Crippen molar-refractivity contribution < 1.29 is 0 Å². The smallest absolute Gasteiger partial charge is 0.126 e. The molecule has 0 aliphatic rings. The second kappa shape index (κ2) is 9.12. The number of para-hydroxylation sites is 2. The molecule has 0 bridgehead atoms. The number of aliphatic imine (C=N–C) groups is 1. The highest BCUT2D eigenvalue weighted by atomic mass is 32.1.